The summed E-state index contributed by atoms with van der Waals surface area (Å²) in [6.45, 7) is 5.62. The van der Waals surface area contributed by atoms with Gasteiger partial charge in [0.25, 0.3) is 0 Å². The van der Waals surface area contributed by atoms with Crippen molar-refractivity contribution in [3.63, 3.8) is 0 Å². The Morgan fingerprint density at radius 2 is 1.81 bits per heavy atom. The number of nitrogens with one attached hydrogen (secondary N) is 1. The number of sulfonamides is 1. The zero-order valence-corrected chi connectivity index (χ0v) is 13.5. The smallest absolute Gasteiger partial charge is 0.330 e. The van der Waals surface area contributed by atoms with Gasteiger partial charge in [0.1, 0.15) is 0 Å². The number of aryl methyl sites for hydroxylation is 1. The molecule has 1 rings (SSSR count). The quantitative estimate of drug-likeness (QED) is 0.644. The number of hydrogen-bond acceptors (Lipinski definition) is 4. The third-order valence-corrected chi connectivity index (χ3v) is 4.46. The first-order valence-corrected chi connectivity index (χ1v) is 8.09. The van der Waals surface area contributed by atoms with Gasteiger partial charge in [-0.25, -0.2) is 17.9 Å². The zero-order chi connectivity index (χ0) is 16.0. The van der Waals surface area contributed by atoms with Gasteiger partial charge in [0.2, 0.25) is 10.0 Å². The third-order valence-electron chi connectivity index (χ3n) is 2.98. The fourth-order valence-electron chi connectivity index (χ4n) is 1.61. The second kappa shape index (κ2) is 7.38. The van der Waals surface area contributed by atoms with E-state index in [1.807, 2.05) is 20.8 Å². The van der Waals surface area contributed by atoms with E-state index >= 15 is 0 Å². The number of carbonyl (C=O) groups is 1. The molecule has 0 amide bonds. The van der Waals surface area contributed by atoms with Crippen LogP contribution in [-0.4, -0.2) is 27.5 Å². The van der Waals surface area contributed by atoms with Crippen LogP contribution in [0.25, 0.3) is 0 Å². The Balaban J connectivity index is 2.94. The number of benzene rings is 1. The molecule has 0 aromatic heterocycles. The van der Waals surface area contributed by atoms with Gasteiger partial charge in [-0.2, -0.15) is 0 Å². The first kappa shape index (κ1) is 17.4. The molecule has 0 aliphatic rings. The molecular formula is C15H21NO4S. The average Bonchev–Trinajstić information content (AvgIpc) is 2.43. The number of carbonyl (C=O) groups excluding carboxylic acids is 1. The van der Waals surface area contributed by atoms with Crippen molar-refractivity contribution in [1.29, 1.82) is 0 Å². The average molecular weight is 311 g/mol. The Morgan fingerprint density at radius 3 is 2.29 bits per heavy atom. The summed E-state index contributed by atoms with van der Waals surface area (Å²) in [4.78, 5) is 11.3. The Hall–Kier alpha value is -1.66. The second-order valence-electron chi connectivity index (χ2n) is 5.09. The van der Waals surface area contributed by atoms with Crippen LogP contribution in [-0.2, 0) is 19.6 Å². The van der Waals surface area contributed by atoms with Crippen LogP contribution in [0.1, 0.15) is 19.4 Å². The van der Waals surface area contributed by atoms with Gasteiger partial charge < -0.3 is 4.74 Å². The van der Waals surface area contributed by atoms with E-state index in [1.54, 1.807) is 24.3 Å². The van der Waals surface area contributed by atoms with Gasteiger partial charge >= 0.3 is 5.97 Å². The third kappa shape index (κ3) is 5.32. The van der Waals surface area contributed by atoms with Gasteiger partial charge in [0.15, 0.2) is 0 Å². The minimum absolute atomic E-state index is 0.00821. The number of methoxy groups -OCH3 is 1. The molecule has 0 unspecified atom stereocenters. The van der Waals surface area contributed by atoms with E-state index in [2.05, 4.69) is 9.46 Å². The summed E-state index contributed by atoms with van der Waals surface area (Å²) >= 11 is 0. The first-order chi connectivity index (χ1) is 9.76. The largest absolute Gasteiger partial charge is 0.466 e. The monoisotopic (exact) mass is 311 g/mol. The predicted molar refractivity (Wildman–Crippen MR) is 81.3 cm³/mol. The highest BCUT2D eigenvalue weighted by molar-refractivity contribution is 7.89. The van der Waals surface area contributed by atoms with Crippen molar-refractivity contribution in [1.82, 2.24) is 4.72 Å². The van der Waals surface area contributed by atoms with E-state index in [0.29, 0.717) is 0 Å². The highest BCUT2D eigenvalue weighted by Crippen LogP contribution is 2.13. The minimum Gasteiger partial charge on any atom is -0.466 e. The fourth-order valence-corrected chi connectivity index (χ4v) is 2.95. The molecule has 0 saturated heterocycles. The first-order valence-electron chi connectivity index (χ1n) is 6.61. The molecule has 21 heavy (non-hydrogen) atoms. The molecule has 6 heteroatoms. The fraction of sp³-hybridized carbons (Fsp3) is 0.400. The number of rotatable bonds is 6. The van der Waals surface area contributed by atoms with Crippen LogP contribution in [0, 0.1) is 12.8 Å². The van der Waals surface area contributed by atoms with Gasteiger partial charge in [-0.1, -0.05) is 37.6 Å². The molecule has 1 atom stereocenters. The Labute approximate surface area is 126 Å². The molecule has 0 fully saturated rings. The normalized spacial score (nSPS) is 13.6. The van der Waals surface area contributed by atoms with Crippen LogP contribution >= 0.6 is 0 Å². The van der Waals surface area contributed by atoms with E-state index in [1.165, 1.54) is 19.3 Å². The number of esters is 1. The van der Waals surface area contributed by atoms with Gasteiger partial charge in [-0.15, -0.1) is 0 Å². The zero-order valence-electron chi connectivity index (χ0n) is 12.7. The van der Waals surface area contributed by atoms with Crippen LogP contribution in [0.15, 0.2) is 41.3 Å². The number of hydrogen-bond donors (Lipinski definition) is 1. The summed E-state index contributed by atoms with van der Waals surface area (Å²) in [6.07, 6.45) is 2.73. The highest BCUT2D eigenvalue weighted by Gasteiger charge is 2.20. The minimum atomic E-state index is -3.63. The van der Waals surface area contributed by atoms with Crippen molar-refractivity contribution in [3.05, 3.63) is 42.0 Å². The molecule has 0 spiro atoms. The lowest BCUT2D eigenvalue weighted by molar-refractivity contribution is -0.134. The molecule has 5 nitrogen and oxygen atoms in total. The topological polar surface area (TPSA) is 72.5 Å². The Morgan fingerprint density at radius 1 is 1.24 bits per heavy atom. The van der Waals surface area contributed by atoms with E-state index < -0.39 is 22.0 Å². The molecule has 1 aromatic carbocycles. The van der Waals surface area contributed by atoms with E-state index in [-0.39, 0.29) is 10.8 Å². The molecular weight excluding hydrogens is 290 g/mol. The summed E-state index contributed by atoms with van der Waals surface area (Å²) in [5, 5.41) is 0. The lowest BCUT2D eigenvalue weighted by Crippen LogP contribution is -2.37. The van der Waals surface area contributed by atoms with Gasteiger partial charge in [0.05, 0.1) is 12.0 Å². The van der Waals surface area contributed by atoms with Crippen LogP contribution in [0.3, 0.4) is 0 Å². The van der Waals surface area contributed by atoms with Crippen molar-refractivity contribution >= 4 is 16.0 Å². The molecule has 0 saturated carbocycles. The van der Waals surface area contributed by atoms with E-state index in [0.717, 1.165) is 5.56 Å². The summed E-state index contributed by atoms with van der Waals surface area (Å²) in [5.41, 5.74) is 0.986. The molecule has 0 aliphatic carbocycles. The summed E-state index contributed by atoms with van der Waals surface area (Å²) < 4.78 is 31.7. The standard InChI is InChI=1S/C15H21NO4S/c1-11(2)14(9-10-15(17)20-4)16-21(18,19)13-7-5-12(3)6-8-13/h5-11,14,16H,1-4H3/b10-9+/t14-/m0/s1. The Kier molecular flexibility index (Phi) is 6.11. The van der Waals surface area contributed by atoms with Crippen molar-refractivity contribution in [2.24, 2.45) is 5.92 Å². The van der Waals surface area contributed by atoms with Crippen LogP contribution in [0.4, 0.5) is 0 Å². The number of ether oxygens (including phenoxy) is 1. The SMILES string of the molecule is COC(=O)/C=C/[C@H](NS(=O)(=O)c1ccc(C)cc1)C(C)C. The maximum atomic E-state index is 12.3. The van der Waals surface area contributed by atoms with Crippen LogP contribution < -0.4 is 4.72 Å². The summed E-state index contributed by atoms with van der Waals surface area (Å²) in [6, 6.07) is 6.10. The van der Waals surface area contributed by atoms with Gasteiger partial charge in [-0.05, 0) is 25.0 Å². The lowest BCUT2D eigenvalue weighted by Gasteiger charge is -2.18. The van der Waals surface area contributed by atoms with Crippen molar-refractivity contribution in [2.75, 3.05) is 7.11 Å². The molecule has 0 aliphatic heterocycles. The van der Waals surface area contributed by atoms with E-state index in [9.17, 15) is 13.2 Å². The van der Waals surface area contributed by atoms with E-state index in [4.69, 9.17) is 0 Å². The highest BCUT2D eigenvalue weighted by atomic mass is 32.2. The lowest BCUT2D eigenvalue weighted by atomic mass is 10.1. The van der Waals surface area contributed by atoms with Crippen LogP contribution in [0.5, 0.6) is 0 Å². The summed E-state index contributed by atoms with van der Waals surface area (Å²) in [5.74, 6) is -0.527. The van der Waals surface area contributed by atoms with Crippen molar-refractivity contribution in [3.8, 4) is 0 Å². The maximum absolute atomic E-state index is 12.3. The maximum Gasteiger partial charge on any atom is 0.330 e. The molecule has 0 radical (unpaired) electrons. The molecule has 116 valence electrons. The van der Waals surface area contributed by atoms with Crippen molar-refractivity contribution in [2.45, 2.75) is 31.7 Å². The van der Waals surface area contributed by atoms with Gasteiger partial charge in [-0.3, -0.25) is 0 Å². The van der Waals surface area contributed by atoms with Gasteiger partial charge in [0, 0.05) is 12.1 Å². The second-order valence-corrected chi connectivity index (χ2v) is 6.80. The van der Waals surface area contributed by atoms with Crippen molar-refractivity contribution < 1.29 is 17.9 Å². The Bertz CT molecular complexity index is 603. The summed E-state index contributed by atoms with van der Waals surface area (Å²) in [7, 11) is -2.36. The molecule has 1 N–H and O–H groups in total. The molecule has 1 aromatic rings. The molecule has 0 bridgehead atoms. The predicted octanol–water partition coefficient (Wildman–Crippen LogP) is 2.03. The van der Waals surface area contributed by atoms with Crippen LogP contribution in [0.2, 0.25) is 0 Å². The molecule has 0 heterocycles.